The Morgan fingerprint density at radius 1 is 1.12 bits per heavy atom. The van der Waals surface area contributed by atoms with Gasteiger partial charge in [-0.15, -0.1) is 0 Å². The van der Waals surface area contributed by atoms with Gasteiger partial charge in [0.2, 0.25) is 5.91 Å². The number of hydrogen-bond donors (Lipinski definition) is 1. The van der Waals surface area contributed by atoms with E-state index in [4.69, 9.17) is 0 Å². The minimum absolute atomic E-state index is 0.230. The molecule has 1 heterocycles. The minimum atomic E-state index is 0.230. The molecule has 4 nitrogen and oxygen atoms in total. The third-order valence-corrected chi connectivity index (χ3v) is 4.87. The van der Waals surface area contributed by atoms with Crippen molar-refractivity contribution >= 4 is 16.8 Å². The van der Waals surface area contributed by atoms with Crippen LogP contribution in [0.4, 0.5) is 0 Å². The van der Waals surface area contributed by atoms with Crippen molar-refractivity contribution in [1.29, 1.82) is 0 Å². The molecular formula is C21H33N3O. The Kier molecular flexibility index (Phi) is 7.06. The first kappa shape index (κ1) is 19.5. The molecule has 0 fully saturated rings. The summed E-state index contributed by atoms with van der Waals surface area (Å²) < 4.78 is 0. The van der Waals surface area contributed by atoms with Crippen molar-refractivity contribution in [2.75, 3.05) is 32.7 Å². The lowest BCUT2D eigenvalue weighted by Crippen LogP contribution is -2.41. The third kappa shape index (κ3) is 5.08. The van der Waals surface area contributed by atoms with E-state index in [0.29, 0.717) is 12.3 Å². The lowest BCUT2D eigenvalue weighted by atomic mass is 10.1. The van der Waals surface area contributed by atoms with Gasteiger partial charge in [-0.1, -0.05) is 45.9 Å². The van der Waals surface area contributed by atoms with Crippen molar-refractivity contribution in [3.05, 3.63) is 35.5 Å². The number of para-hydroxylation sites is 1. The summed E-state index contributed by atoms with van der Waals surface area (Å²) in [5, 5.41) is 1.17. The highest BCUT2D eigenvalue weighted by Crippen LogP contribution is 2.23. The van der Waals surface area contributed by atoms with Gasteiger partial charge in [0.05, 0.1) is 6.42 Å². The summed E-state index contributed by atoms with van der Waals surface area (Å²) in [6.45, 7) is 15.4. The highest BCUT2D eigenvalue weighted by molar-refractivity contribution is 5.90. The molecule has 1 N–H and O–H groups in total. The molecule has 0 unspecified atom stereocenters. The van der Waals surface area contributed by atoms with Crippen LogP contribution in [0.25, 0.3) is 10.9 Å². The monoisotopic (exact) mass is 343 g/mol. The zero-order valence-electron chi connectivity index (χ0n) is 16.4. The number of likely N-dealkylation sites (N-methyl/N-ethyl adjacent to an activating group) is 1. The number of hydrogen-bond acceptors (Lipinski definition) is 2. The van der Waals surface area contributed by atoms with Gasteiger partial charge in [-0.05, 0) is 37.6 Å². The second-order valence-corrected chi connectivity index (χ2v) is 7.21. The Bertz CT molecular complexity index is 686. The van der Waals surface area contributed by atoms with Crippen molar-refractivity contribution in [2.24, 2.45) is 5.92 Å². The number of fused-ring (bicyclic) bond motifs is 1. The predicted octanol–water partition coefficient (Wildman–Crippen LogP) is 3.85. The number of aromatic amines is 1. The van der Waals surface area contributed by atoms with E-state index in [2.05, 4.69) is 56.6 Å². The third-order valence-electron chi connectivity index (χ3n) is 4.87. The van der Waals surface area contributed by atoms with Gasteiger partial charge in [0.25, 0.3) is 0 Å². The molecule has 1 aromatic heterocycles. The summed E-state index contributed by atoms with van der Waals surface area (Å²) in [7, 11) is 0. The fourth-order valence-corrected chi connectivity index (χ4v) is 3.39. The molecule has 2 aromatic rings. The van der Waals surface area contributed by atoms with Crippen LogP contribution in [0, 0.1) is 12.8 Å². The van der Waals surface area contributed by atoms with Crippen LogP contribution in [-0.2, 0) is 11.2 Å². The van der Waals surface area contributed by atoms with Crippen molar-refractivity contribution in [2.45, 2.75) is 41.0 Å². The lowest BCUT2D eigenvalue weighted by Gasteiger charge is -2.28. The molecule has 0 saturated heterocycles. The van der Waals surface area contributed by atoms with E-state index in [1.54, 1.807) is 0 Å². The molecule has 25 heavy (non-hydrogen) atoms. The van der Waals surface area contributed by atoms with Crippen LogP contribution in [-0.4, -0.2) is 53.4 Å². The lowest BCUT2D eigenvalue weighted by molar-refractivity contribution is -0.131. The number of aryl methyl sites for hydroxylation is 1. The number of rotatable bonds is 9. The normalized spacial score (nSPS) is 11.6. The number of benzene rings is 1. The van der Waals surface area contributed by atoms with Crippen LogP contribution in [0.2, 0.25) is 0 Å². The van der Waals surface area contributed by atoms with E-state index in [0.717, 1.165) is 49.5 Å². The van der Waals surface area contributed by atoms with Crippen LogP contribution in [0.5, 0.6) is 0 Å². The van der Waals surface area contributed by atoms with E-state index in [1.165, 1.54) is 5.39 Å². The Morgan fingerprint density at radius 2 is 1.80 bits per heavy atom. The summed E-state index contributed by atoms with van der Waals surface area (Å²) >= 11 is 0. The molecule has 0 bridgehead atoms. The second-order valence-electron chi connectivity index (χ2n) is 7.21. The largest absolute Gasteiger partial charge is 0.358 e. The zero-order chi connectivity index (χ0) is 18.4. The number of carbonyl (C=O) groups is 1. The Hall–Kier alpha value is -1.81. The van der Waals surface area contributed by atoms with Crippen molar-refractivity contribution in [3.63, 3.8) is 0 Å². The van der Waals surface area contributed by atoms with Crippen LogP contribution in [0.1, 0.15) is 39.0 Å². The average molecular weight is 344 g/mol. The van der Waals surface area contributed by atoms with E-state index < -0.39 is 0 Å². The van der Waals surface area contributed by atoms with Crippen molar-refractivity contribution in [1.82, 2.24) is 14.8 Å². The van der Waals surface area contributed by atoms with Gasteiger partial charge in [-0.3, -0.25) is 4.79 Å². The standard InChI is InChI=1S/C21H33N3O/c1-6-23(7-2)12-13-24(15-16(3)4)21(25)14-19-17(5)22-20-11-9-8-10-18(19)20/h8-11,16,22H,6-7,12-15H2,1-5H3. The number of nitrogens with zero attached hydrogens (tertiary/aromatic N) is 2. The molecule has 0 atom stereocenters. The number of amides is 1. The summed E-state index contributed by atoms with van der Waals surface area (Å²) in [6, 6.07) is 8.24. The van der Waals surface area contributed by atoms with Gasteiger partial charge in [0.15, 0.2) is 0 Å². The van der Waals surface area contributed by atoms with Crippen molar-refractivity contribution < 1.29 is 4.79 Å². The molecule has 0 aliphatic heterocycles. The SMILES string of the molecule is CCN(CC)CCN(CC(C)C)C(=O)Cc1c(C)[nH]c2ccccc12. The fourth-order valence-electron chi connectivity index (χ4n) is 3.39. The Labute approximate surface area is 152 Å². The zero-order valence-corrected chi connectivity index (χ0v) is 16.4. The quantitative estimate of drug-likeness (QED) is 0.751. The molecule has 4 heteroatoms. The summed E-state index contributed by atoms with van der Waals surface area (Å²) in [6.07, 6.45) is 0.473. The van der Waals surface area contributed by atoms with Gasteiger partial charge in [-0.25, -0.2) is 0 Å². The fraction of sp³-hybridized carbons (Fsp3) is 0.571. The summed E-state index contributed by atoms with van der Waals surface area (Å²) in [4.78, 5) is 20.8. The maximum atomic E-state index is 13.0. The van der Waals surface area contributed by atoms with Crippen molar-refractivity contribution in [3.8, 4) is 0 Å². The molecule has 1 amide bonds. The van der Waals surface area contributed by atoms with Gasteiger partial charge in [0.1, 0.15) is 0 Å². The molecule has 0 saturated carbocycles. The molecular weight excluding hydrogens is 310 g/mol. The van der Waals surface area contributed by atoms with Crippen LogP contribution < -0.4 is 0 Å². The maximum absolute atomic E-state index is 13.0. The highest BCUT2D eigenvalue weighted by atomic mass is 16.2. The average Bonchev–Trinajstić information content (AvgIpc) is 2.90. The Balaban J connectivity index is 2.13. The summed E-state index contributed by atoms with van der Waals surface area (Å²) in [5.41, 5.74) is 3.35. The molecule has 1 aromatic carbocycles. The molecule has 0 radical (unpaired) electrons. The van der Waals surface area contributed by atoms with Gasteiger partial charge >= 0.3 is 0 Å². The van der Waals surface area contributed by atoms with Crippen LogP contribution >= 0.6 is 0 Å². The molecule has 0 aliphatic carbocycles. The number of nitrogens with one attached hydrogen (secondary N) is 1. The first-order valence-electron chi connectivity index (χ1n) is 9.52. The minimum Gasteiger partial charge on any atom is -0.358 e. The molecule has 0 spiro atoms. The van der Waals surface area contributed by atoms with Gasteiger partial charge < -0.3 is 14.8 Å². The maximum Gasteiger partial charge on any atom is 0.227 e. The van der Waals surface area contributed by atoms with Gasteiger partial charge in [-0.2, -0.15) is 0 Å². The summed E-state index contributed by atoms with van der Waals surface area (Å²) in [5.74, 6) is 0.707. The number of aromatic nitrogens is 1. The van der Waals surface area contributed by atoms with Crippen LogP contribution in [0.15, 0.2) is 24.3 Å². The van der Waals surface area contributed by atoms with Crippen LogP contribution in [0.3, 0.4) is 0 Å². The van der Waals surface area contributed by atoms with E-state index >= 15 is 0 Å². The number of carbonyl (C=O) groups excluding carboxylic acids is 1. The first-order valence-corrected chi connectivity index (χ1v) is 9.52. The highest BCUT2D eigenvalue weighted by Gasteiger charge is 2.19. The predicted molar refractivity (Wildman–Crippen MR) is 106 cm³/mol. The molecule has 2 rings (SSSR count). The molecule has 0 aliphatic rings. The molecule has 138 valence electrons. The number of H-pyrrole nitrogens is 1. The smallest absolute Gasteiger partial charge is 0.227 e. The topological polar surface area (TPSA) is 39.3 Å². The second kappa shape index (κ2) is 9.04. The first-order chi connectivity index (χ1) is 12.0. The van der Waals surface area contributed by atoms with Gasteiger partial charge in [0, 0.05) is 36.2 Å². The van der Waals surface area contributed by atoms with E-state index in [1.807, 2.05) is 17.0 Å². The Morgan fingerprint density at radius 3 is 2.44 bits per heavy atom. The van der Waals surface area contributed by atoms with E-state index in [9.17, 15) is 4.79 Å². The van der Waals surface area contributed by atoms with E-state index in [-0.39, 0.29) is 5.91 Å².